The van der Waals surface area contributed by atoms with E-state index in [-0.39, 0.29) is 17.7 Å². The van der Waals surface area contributed by atoms with E-state index in [2.05, 4.69) is 0 Å². The van der Waals surface area contributed by atoms with Crippen LogP contribution < -0.4 is 0 Å². The van der Waals surface area contributed by atoms with E-state index in [1.54, 1.807) is 12.1 Å². The summed E-state index contributed by atoms with van der Waals surface area (Å²) in [5, 5.41) is 0.652. The maximum Gasteiger partial charge on any atom is 0.316 e. The average Bonchev–Trinajstić information content (AvgIpc) is 2.70. The Morgan fingerprint density at radius 2 is 2.06 bits per heavy atom. The van der Waals surface area contributed by atoms with Gasteiger partial charge in [-0.3, -0.25) is 4.79 Å². The Morgan fingerprint density at radius 1 is 1.33 bits per heavy atom. The highest BCUT2D eigenvalue weighted by atomic mass is 19.1. The third kappa shape index (κ3) is 2.23. The molecule has 4 heteroatoms. The van der Waals surface area contributed by atoms with Crippen molar-refractivity contribution in [1.82, 2.24) is 0 Å². The second kappa shape index (κ2) is 4.80. The first-order valence-electron chi connectivity index (χ1n) is 5.79. The summed E-state index contributed by atoms with van der Waals surface area (Å²) in [4.78, 5) is 11.7. The van der Waals surface area contributed by atoms with Crippen LogP contribution in [0.25, 0.3) is 11.0 Å². The van der Waals surface area contributed by atoms with Gasteiger partial charge >= 0.3 is 5.97 Å². The van der Waals surface area contributed by atoms with Gasteiger partial charge < -0.3 is 9.15 Å². The molecule has 1 aromatic carbocycles. The van der Waals surface area contributed by atoms with Crippen LogP contribution in [0.5, 0.6) is 0 Å². The molecule has 2 rings (SSSR count). The molecule has 0 aliphatic heterocycles. The van der Waals surface area contributed by atoms with Crippen molar-refractivity contribution >= 4 is 16.9 Å². The van der Waals surface area contributed by atoms with E-state index >= 15 is 0 Å². The van der Waals surface area contributed by atoms with E-state index in [4.69, 9.17) is 9.15 Å². The first kappa shape index (κ1) is 12.6. The maximum atomic E-state index is 13.1. The number of methoxy groups -OCH3 is 1. The molecule has 0 aliphatic rings. The summed E-state index contributed by atoms with van der Waals surface area (Å²) in [6.45, 7) is 3.82. The monoisotopic (exact) mass is 250 g/mol. The van der Waals surface area contributed by atoms with E-state index in [1.807, 2.05) is 13.8 Å². The number of carbonyl (C=O) groups is 1. The van der Waals surface area contributed by atoms with Crippen LogP contribution in [-0.2, 0) is 9.53 Å². The number of halogens is 1. The molecule has 0 fully saturated rings. The number of fused-ring (bicyclic) bond motifs is 1. The Labute approximate surface area is 105 Å². The standard InChI is InChI=1S/C14H15FO3/c1-8(2)13(14(16)17-3)12-7-9-6-10(15)4-5-11(9)18-12/h4-8,13H,1-3H3. The summed E-state index contributed by atoms with van der Waals surface area (Å²) in [5.41, 5.74) is 0.570. The fourth-order valence-corrected chi connectivity index (χ4v) is 2.03. The molecule has 0 radical (unpaired) electrons. The number of hydrogen-bond acceptors (Lipinski definition) is 3. The van der Waals surface area contributed by atoms with Gasteiger partial charge in [-0.05, 0) is 30.2 Å². The van der Waals surface area contributed by atoms with Crippen molar-refractivity contribution in [3.8, 4) is 0 Å². The van der Waals surface area contributed by atoms with Crippen molar-refractivity contribution in [2.24, 2.45) is 5.92 Å². The Morgan fingerprint density at radius 3 is 2.67 bits per heavy atom. The Balaban J connectivity index is 2.48. The highest BCUT2D eigenvalue weighted by Gasteiger charge is 2.28. The quantitative estimate of drug-likeness (QED) is 0.783. The smallest absolute Gasteiger partial charge is 0.316 e. The molecule has 0 amide bonds. The number of carbonyl (C=O) groups excluding carboxylic acids is 1. The molecule has 2 aromatic rings. The van der Waals surface area contributed by atoms with Gasteiger partial charge in [0.25, 0.3) is 0 Å². The first-order chi connectivity index (χ1) is 8.52. The summed E-state index contributed by atoms with van der Waals surface area (Å²) < 4.78 is 23.5. The van der Waals surface area contributed by atoms with Crippen molar-refractivity contribution in [2.45, 2.75) is 19.8 Å². The van der Waals surface area contributed by atoms with Crippen molar-refractivity contribution in [3.63, 3.8) is 0 Å². The minimum Gasteiger partial charge on any atom is -0.468 e. The van der Waals surface area contributed by atoms with Crippen LogP contribution in [0.1, 0.15) is 25.5 Å². The zero-order valence-corrected chi connectivity index (χ0v) is 10.6. The lowest BCUT2D eigenvalue weighted by Crippen LogP contribution is -2.18. The third-order valence-corrected chi connectivity index (χ3v) is 2.93. The van der Waals surface area contributed by atoms with Crippen LogP contribution in [0.2, 0.25) is 0 Å². The van der Waals surface area contributed by atoms with Gasteiger partial charge in [-0.25, -0.2) is 4.39 Å². The molecule has 0 bridgehead atoms. The second-order valence-electron chi connectivity index (χ2n) is 4.58. The van der Waals surface area contributed by atoms with Crippen molar-refractivity contribution in [1.29, 1.82) is 0 Å². The molecule has 0 aliphatic carbocycles. The Kier molecular flexibility index (Phi) is 3.36. The predicted molar refractivity (Wildman–Crippen MR) is 65.8 cm³/mol. The van der Waals surface area contributed by atoms with Gasteiger partial charge in [0.1, 0.15) is 23.1 Å². The highest BCUT2D eigenvalue weighted by Crippen LogP contribution is 2.31. The number of hydrogen-bond donors (Lipinski definition) is 0. The molecule has 18 heavy (non-hydrogen) atoms. The molecule has 0 N–H and O–H groups in total. The van der Waals surface area contributed by atoms with Crippen LogP contribution >= 0.6 is 0 Å². The summed E-state index contributed by atoms with van der Waals surface area (Å²) in [6.07, 6.45) is 0. The second-order valence-corrected chi connectivity index (χ2v) is 4.58. The van der Waals surface area contributed by atoms with Gasteiger partial charge in [0.2, 0.25) is 0 Å². The summed E-state index contributed by atoms with van der Waals surface area (Å²) >= 11 is 0. The van der Waals surface area contributed by atoms with E-state index in [0.717, 1.165) is 0 Å². The minimum atomic E-state index is -0.467. The number of esters is 1. The molecule has 0 spiro atoms. The summed E-state index contributed by atoms with van der Waals surface area (Å²) in [7, 11) is 1.35. The van der Waals surface area contributed by atoms with Gasteiger partial charge in [-0.2, -0.15) is 0 Å². The van der Waals surface area contributed by atoms with Gasteiger partial charge in [0.05, 0.1) is 7.11 Å². The Hall–Kier alpha value is -1.84. The van der Waals surface area contributed by atoms with Crippen LogP contribution in [0, 0.1) is 11.7 Å². The fraction of sp³-hybridized carbons (Fsp3) is 0.357. The molecule has 0 saturated heterocycles. The Bertz CT molecular complexity index is 571. The number of furan rings is 1. The molecule has 0 saturated carbocycles. The lowest BCUT2D eigenvalue weighted by molar-refractivity contribution is -0.144. The van der Waals surface area contributed by atoms with Gasteiger partial charge in [0.15, 0.2) is 0 Å². The van der Waals surface area contributed by atoms with Crippen LogP contribution in [0.4, 0.5) is 4.39 Å². The highest BCUT2D eigenvalue weighted by molar-refractivity contribution is 5.82. The lowest BCUT2D eigenvalue weighted by atomic mass is 9.93. The summed E-state index contributed by atoms with van der Waals surface area (Å²) in [5.74, 6) is -0.579. The van der Waals surface area contributed by atoms with Gasteiger partial charge in [-0.1, -0.05) is 13.8 Å². The van der Waals surface area contributed by atoms with E-state index in [0.29, 0.717) is 16.7 Å². The van der Waals surface area contributed by atoms with Crippen LogP contribution in [-0.4, -0.2) is 13.1 Å². The van der Waals surface area contributed by atoms with E-state index in [1.165, 1.54) is 19.2 Å². The molecule has 1 aromatic heterocycles. The molecular formula is C14H15FO3. The third-order valence-electron chi connectivity index (χ3n) is 2.93. The molecule has 1 unspecified atom stereocenters. The number of benzene rings is 1. The molecule has 1 atom stereocenters. The minimum absolute atomic E-state index is 0.0443. The van der Waals surface area contributed by atoms with E-state index < -0.39 is 5.92 Å². The largest absolute Gasteiger partial charge is 0.468 e. The number of rotatable bonds is 3. The molecular weight excluding hydrogens is 235 g/mol. The SMILES string of the molecule is COC(=O)C(c1cc2cc(F)ccc2o1)C(C)C. The van der Waals surface area contributed by atoms with Crippen LogP contribution in [0.15, 0.2) is 28.7 Å². The molecule has 96 valence electrons. The van der Waals surface area contributed by atoms with Crippen LogP contribution in [0.3, 0.4) is 0 Å². The topological polar surface area (TPSA) is 39.4 Å². The molecule has 3 nitrogen and oxygen atoms in total. The zero-order chi connectivity index (χ0) is 13.3. The first-order valence-corrected chi connectivity index (χ1v) is 5.79. The number of ether oxygens (including phenoxy) is 1. The molecule has 1 heterocycles. The maximum absolute atomic E-state index is 13.1. The zero-order valence-electron chi connectivity index (χ0n) is 10.6. The normalized spacial score (nSPS) is 12.9. The predicted octanol–water partition coefficient (Wildman–Crippen LogP) is 3.48. The van der Waals surface area contributed by atoms with Crippen molar-refractivity contribution < 1.29 is 18.3 Å². The van der Waals surface area contributed by atoms with Gasteiger partial charge in [-0.15, -0.1) is 0 Å². The lowest BCUT2D eigenvalue weighted by Gasteiger charge is -2.15. The van der Waals surface area contributed by atoms with Gasteiger partial charge in [0, 0.05) is 5.39 Å². The fourth-order valence-electron chi connectivity index (χ4n) is 2.03. The van der Waals surface area contributed by atoms with Crippen molar-refractivity contribution in [3.05, 3.63) is 35.8 Å². The van der Waals surface area contributed by atoms with E-state index in [9.17, 15) is 9.18 Å². The summed E-state index contributed by atoms with van der Waals surface area (Å²) in [6, 6.07) is 5.97. The average molecular weight is 250 g/mol. The van der Waals surface area contributed by atoms with Crippen molar-refractivity contribution in [2.75, 3.05) is 7.11 Å².